The smallest absolute Gasteiger partial charge is 0.200 e. The van der Waals surface area contributed by atoms with Crippen LogP contribution in [-0.4, -0.2) is 30.5 Å². The SMILES string of the molecule is C=CCOC(=C)/C(F)=C(/F)C(=C)C(=C)/C=C\C(=C)C(=C)/C=C(/F)C(=C)C(C)OCC(C)O. The number of aliphatic hydroxyl groups is 1. The van der Waals surface area contributed by atoms with E-state index in [2.05, 4.69) is 46.1 Å². The summed E-state index contributed by atoms with van der Waals surface area (Å²) in [6.07, 6.45) is 3.88. The van der Waals surface area contributed by atoms with E-state index in [9.17, 15) is 18.3 Å². The molecule has 2 unspecified atom stereocenters. The van der Waals surface area contributed by atoms with E-state index in [0.717, 1.165) is 6.08 Å². The largest absolute Gasteiger partial charge is 0.487 e. The van der Waals surface area contributed by atoms with E-state index in [1.807, 2.05) is 0 Å². The van der Waals surface area contributed by atoms with Crippen molar-refractivity contribution in [1.82, 2.24) is 0 Å². The van der Waals surface area contributed by atoms with Gasteiger partial charge in [-0.1, -0.05) is 64.3 Å². The number of ether oxygens (including phenoxy) is 2. The number of allylic oxidation sites excluding steroid dienone is 9. The standard InChI is InChI=1S/C26H31F3O3/c1-10-13-31-23(9)26(29)25(28)20(6)17(3)12-11-16(2)18(4)14-24(27)21(7)22(8)32-15-19(5)30/h10-12,14,19,22,30H,1-4,6-7,9,13,15H2,5,8H3/b12-11-,24-14+,26-25-. The van der Waals surface area contributed by atoms with Gasteiger partial charge < -0.3 is 14.6 Å². The van der Waals surface area contributed by atoms with Crippen LogP contribution >= 0.6 is 0 Å². The Labute approximate surface area is 188 Å². The molecule has 0 aliphatic carbocycles. The molecule has 0 aromatic carbocycles. The van der Waals surface area contributed by atoms with Gasteiger partial charge in [0.25, 0.3) is 0 Å². The zero-order valence-electron chi connectivity index (χ0n) is 18.7. The molecule has 0 bridgehead atoms. The van der Waals surface area contributed by atoms with E-state index >= 15 is 0 Å². The first-order valence-electron chi connectivity index (χ1n) is 9.62. The van der Waals surface area contributed by atoms with E-state index in [1.54, 1.807) is 13.8 Å². The monoisotopic (exact) mass is 448 g/mol. The lowest BCUT2D eigenvalue weighted by Crippen LogP contribution is -2.18. The third kappa shape index (κ3) is 9.81. The van der Waals surface area contributed by atoms with Crippen molar-refractivity contribution >= 4 is 0 Å². The van der Waals surface area contributed by atoms with Crippen molar-refractivity contribution in [2.75, 3.05) is 13.2 Å². The van der Waals surface area contributed by atoms with Crippen LogP contribution in [0.3, 0.4) is 0 Å². The van der Waals surface area contributed by atoms with Gasteiger partial charge in [-0.2, -0.15) is 4.39 Å². The zero-order valence-corrected chi connectivity index (χ0v) is 18.7. The normalized spacial score (nSPS) is 14.2. The highest BCUT2D eigenvalue weighted by molar-refractivity contribution is 5.52. The molecule has 0 saturated carbocycles. The number of rotatable bonds is 15. The topological polar surface area (TPSA) is 38.7 Å². The summed E-state index contributed by atoms with van der Waals surface area (Å²) in [6, 6.07) is 0. The Morgan fingerprint density at radius 2 is 1.47 bits per heavy atom. The predicted octanol–water partition coefficient (Wildman–Crippen LogP) is 6.83. The Morgan fingerprint density at radius 1 is 0.906 bits per heavy atom. The quantitative estimate of drug-likeness (QED) is 0.170. The summed E-state index contributed by atoms with van der Waals surface area (Å²) >= 11 is 0. The van der Waals surface area contributed by atoms with Gasteiger partial charge in [0, 0.05) is 11.1 Å². The van der Waals surface area contributed by atoms with Gasteiger partial charge in [0.05, 0.1) is 18.8 Å². The van der Waals surface area contributed by atoms with Gasteiger partial charge in [-0.05, 0) is 36.6 Å². The molecular formula is C26H31F3O3. The fourth-order valence-corrected chi connectivity index (χ4v) is 1.94. The maximum atomic E-state index is 14.4. The zero-order chi connectivity index (χ0) is 25.0. The van der Waals surface area contributed by atoms with Gasteiger partial charge in [0.15, 0.2) is 11.6 Å². The number of hydrogen-bond donors (Lipinski definition) is 1. The van der Waals surface area contributed by atoms with Gasteiger partial charge in [-0.3, -0.25) is 0 Å². The molecule has 0 fully saturated rings. The van der Waals surface area contributed by atoms with Gasteiger partial charge in [0.1, 0.15) is 12.4 Å². The molecule has 32 heavy (non-hydrogen) atoms. The highest BCUT2D eigenvalue weighted by Gasteiger charge is 2.16. The molecule has 0 amide bonds. The van der Waals surface area contributed by atoms with Crippen molar-refractivity contribution in [2.24, 2.45) is 0 Å². The summed E-state index contributed by atoms with van der Waals surface area (Å²) in [4.78, 5) is 0. The van der Waals surface area contributed by atoms with Crippen molar-refractivity contribution in [3.63, 3.8) is 0 Å². The third-order valence-electron chi connectivity index (χ3n) is 4.05. The van der Waals surface area contributed by atoms with Gasteiger partial charge in [0.2, 0.25) is 5.83 Å². The molecule has 3 nitrogen and oxygen atoms in total. The third-order valence-corrected chi connectivity index (χ3v) is 4.05. The summed E-state index contributed by atoms with van der Waals surface area (Å²) in [6.45, 7) is 28.1. The lowest BCUT2D eigenvalue weighted by Gasteiger charge is -2.16. The Kier molecular flexibility index (Phi) is 12.7. The van der Waals surface area contributed by atoms with Crippen LogP contribution in [0.2, 0.25) is 0 Å². The molecule has 0 rings (SSSR count). The molecule has 0 aromatic rings. The van der Waals surface area contributed by atoms with E-state index in [4.69, 9.17) is 9.47 Å². The fraction of sp³-hybridized carbons (Fsp3) is 0.231. The maximum absolute atomic E-state index is 14.4. The molecule has 0 saturated heterocycles. The van der Waals surface area contributed by atoms with Gasteiger partial charge in [-0.25, -0.2) is 8.78 Å². The molecule has 0 aromatic heterocycles. The van der Waals surface area contributed by atoms with Crippen LogP contribution in [0, 0.1) is 0 Å². The second-order valence-corrected chi connectivity index (χ2v) is 6.88. The van der Waals surface area contributed by atoms with Crippen molar-refractivity contribution in [3.8, 4) is 0 Å². The van der Waals surface area contributed by atoms with E-state index in [0.29, 0.717) is 5.57 Å². The summed E-state index contributed by atoms with van der Waals surface area (Å²) in [5, 5.41) is 9.24. The number of aliphatic hydroxyl groups excluding tert-OH is 1. The summed E-state index contributed by atoms with van der Waals surface area (Å²) in [5.41, 5.74) is 0.317. The molecule has 0 aliphatic rings. The van der Waals surface area contributed by atoms with Crippen LogP contribution in [0.1, 0.15) is 13.8 Å². The molecule has 1 N–H and O–H groups in total. The minimum Gasteiger partial charge on any atom is -0.487 e. The Hall–Kier alpha value is -3.09. The molecule has 0 radical (unpaired) electrons. The first-order chi connectivity index (χ1) is 14.8. The van der Waals surface area contributed by atoms with Crippen LogP contribution < -0.4 is 0 Å². The van der Waals surface area contributed by atoms with Crippen LogP contribution in [0.5, 0.6) is 0 Å². The molecule has 0 spiro atoms. The lowest BCUT2D eigenvalue weighted by molar-refractivity contribution is 0.0203. The Balaban J connectivity index is 5.16. The molecule has 0 aliphatic heterocycles. The molecular weight excluding hydrogens is 417 g/mol. The van der Waals surface area contributed by atoms with Gasteiger partial charge >= 0.3 is 0 Å². The Bertz CT molecular complexity index is 886. The molecule has 0 heterocycles. The highest BCUT2D eigenvalue weighted by Crippen LogP contribution is 2.27. The predicted molar refractivity (Wildman–Crippen MR) is 126 cm³/mol. The number of halogens is 3. The first-order valence-corrected chi connectivity index (χ1v) is 9.62. The minimum atomic E-state index is -1.30. The van der Waals surface area contributed by atoms with Crippen LogP contribution in [0.15, 0.2) is 121 Å². The second kappa shape index (κ2) is 14.1. The average molecular weight is 449 g/mol. The summed E-state index contributed by atoms with van der Waals surface area (Å²) in [7, 11) is 0. The van der Waals surface area contributed by atoms with E-state index < -0.39 is 35.4 Å². The molecule has 174 valence electrons. The maximum Gasteiger partial charge on any atom is 0.200 e. The lowest BCUT2D eigenvalue weighted by atomic mass is 10.0. The van der Waals surface area contributed by atoms with Crippen molar-refractivity contribution in [1.29, 1.82) is 0 Å². The average Bonchev–Trinajstić information content (AvgIpc) is 2.76. The summed E-state index contributed by atoms with van der Waals surface area (Å²) in [5.74, 6) is -3.73. The highest BCUT2D eigenvalue weighted by atomic mass is 19.2. The molecule has 6 heteroatoms. The van der Waals surface area contributed by atoms with Crippen molar-refractivity contribution in [2.45, 2.75) is 26.1 Å². The van der Waals surface area contributed by atoms with Crippen LogP contribution in [0.25, 0.3) is 0 Å². The second-order valence-electron chi connectivity index (χ2n) is 6.88. The fourth-order valence-electron chi connectivity index (χ4n) is 1.94. The van der Waals surface area contributed by atoms with Crippen molar-refractivity contribution < 1.29 is 27.8 Å². The van der Waals surface area contributed by atoms with Crippen LogP contribution in [0.4, 0.5) is 13.2 Å². The summed E-state index contributed by atoms with van der Waals surface area (Å²) < 4.78 is 52.9. The van der Waals surface area contributed by atoms with E-state index in [-0.39, 0.29) is 35.5 Å². The van der Waals surface area contributed by atoms with Crippen LogP contribution in [-0.2, 0) is 9.47 Å². The molecule has 2 atom stereocenters. The van der Waals surface area contributed by atoms with Crippen molar-refractivity contribution in [3.05, 3.63) is 121 Å². The Morgan fingerprint density at radius 3 is 2.00 bits per heavy atom. The first kappa shape index (κ1) is 28.9. The van der Waals surface area contributed by atoms with Gasteiger partial charge in [-0.15, -0.1) is 0 Å². The minimum absolute atomic E-state index is 0.0310. The number of hydrogen-bond acceptors (Lipinski definition) is 3. The van der Waals surface area contributed by atoms with E-state index in [1.165, 1.54) is 18.2 Å².